The average molecular weight is 155 g/mol. The largest absolute Gasteiger partial charge is 0.259 e. The van der Waals surface area contributed by atoms with Crippen molar-refractivity contribution in [3.63, 3.8) is 0 Å². The summed E-state index contributed by atoms with van der Waals surface area (Å²) in [4.78, 5) is 10.0. The predicted octanol–water partition coefficient (Wildman–Crippen LogP) is 2.36. The molecule has 11 heavy (non-hydrogen) atoms. The molecular weight excluding hydrogens is 142 g/mol. The highest BCUT2D eigenvalue weighted by atomic mass is 16.6. The Morgan fingerprint density at radius 1 is 1.64 bits per heavy atom. The monoisotopic (exact) mass is 155 g/mol. The Hall–Kier alpha value is -0.860. The molecule has 1 aliphatic carbocycles. The Kier molecular flexibility index (Phi) is 1.98. The van der Waals surface area contributed by atoms with E-state index in [-0.39, 0.29) is 10.3 Å². The zero-order valence-electron chi connectivity index (χ0n) is 6.96. The van der Waals surface area contributed by atoms with Crippen LogP contribution in [0.2, 0.25) is 0 Å². The van der Waals surface area contributed by atoms with Gasteiger partial charge in [-0.25, -0.2) is 0 Å². The summed E-state index contributed by atoms with van der Waals surface area (Å²) in [5.41, 5.74) is 0.656. The van der Waals surface area contributed by atoms with Crippen LogP contribution in [0.3, 0.4) is 0 Å². The summed E-state index contributed by atoms with van der Waals surface area (Å²) in [7, 11) is 0. The van der Waals surface area contributed by atoms with Crippen molar-refractivity contribution >= 4 is 0 Å². The molecule has 0 heterocycles. The van der Waals surface area contributed by atoms with E-state index in [1.165, 1.54) is 0 Å². The summed E-state index contributed by atoms with van der Waals surface area (Å²) < 4.78 is 0. The molecule has 0 aliphatic heterocycles. The molecule has 0 spiro atoms. The molecule has 3 nitrogen and oxygen atoms in total. The zero-order valence-corrected chi connectivity index (χ0v) is 6.96. The molecule has 0 amide bonds. The maximum Gasteiger partial charge on any atom is 0.242 e. The normalized spacial score (nSPS) is 22.5. The smallest absolute Gasteiger partial charge is 0.242 e. The molecular formula is C8H13NO2. The highest BCUT2D eigenvalue weighted by Gasteiger charge is 2.26. The van der Waals surface area contributed by atoms with E-state index in [1.807, 2.05) is 0 Å². The van der Waals surface area contributed by atoms with E-state index in [0.29, 0.717) is 12.1 Å². The summed E-state index contributed by atoms with van der Waals surface area (Å²) in [5.74, 6) is 0. The minimum Gasteiger partial charge on any atom is -0.259 e. The number of nitrogens with zero attached hydrogens (tertiary/aromatic N) is 1. The van der Waals surface area contributed by atoms with E-state index in [0.717, 1.165) is 12.8 Å². The Bertz CT molecular complexity index is 206. The molecule has 1 rings (SSSR count). The summed E-state index contributed by atoms with van der Waals surface area (Å²) in [6.07, 6.45) is 4.15. The lowest BCUT2D eigenvalue weighted by atomic mass is 9.80. The molecule has 0 bridgehead atoms. The van der Waals surface area contributed by atoms with Crippen molar-refractivity contribution in [2.24, 2.45) is 5.41 Å². The maximum atomic E-state index is 10.3. The van der Waals surface area contributed by atoms with Gasteiger partial charge in [-0.05, 0) is 24.3 Å². The van der Waals surface area contributed by atoms with E-state index in [2.05, 4.69) is 13.8 Å². The SMILES string of the molecule is CC1(C)CC=C([N+](=O)[O-])CC1. The summed E-state index contributed by atoms with van der Waals surface area (Å²) in [6, 6.07) is 0. The van der Waals surface area contributed by atoms with Crippen LogP contribution in [0, 0.1) is 15.5 Å². The zero-order chi connectivity index (χ0) is 8.48. The molecule has 0 N–H and O–H groups in total. The van der Waals surface area contributed by atoms with Crippen molar-refractivity contribution in [3.05, 3.63) is 21.9 Å². The van der Waals surface area contributed by atoms with Crippen LogP contribution in [-0.4, -0.2) is 4.92 Å². The van der Waals surface area contributed by atoms with Crippen molar-refractivity contribution in [1.82, 2.24) is 0 Å². The van der Waals surface area contributed by atoms with Crippen molar-refractivity contribution in [1.29, 1.82) is 0 Å². The average Bonchev–Trinajstić information content (AvgIpc) is 1.86. The standard InChI is InChI=1S/C8H13NO2/c1-8(2)5-3-7(4-6-8)9(10)11/h3H,4-6H2,1-2H3. The van der Waals surface area contributed by atoms with Crippen LogP contribution in [-0.2, 0) is 0 Å². The van der Waals surface area contributed by atoms with Gasteiger partial charge in [0.05, 0.1) is 4.92 Å². The first-order chi connectivity index (χ1) is 5.01. The van der Waals surface area contributed by atoms with Gasteiger partial charge in [-0.15, -0.1) is 0 Å². The lowest BCUT2D eigenvalue weighted by molar-refractivity contribution is -0.429. The van der Waals surface area contributed by atoms with Gasteiger partial charge in [-0.1, -0.05) is 13.8 Å². The van der Waals surface area contributed by atoms with Crippen LogP contribution >= 0.6 is 0 Å². The van der Waals surface area contributed by atoms with Crippen molar-refractivity contribution in [2.75, 3.05) is 0 Å². The van der Waals surface area contributed by atoms with E-state index in [4.69, 9.17) is 0 Å². The lowest BCUT2D eigenvalue weighted by Gasteiger charge is -2.25. The first-order valence-corrected chi connectivity index (χ1v) is 3.85. The Balaban J connectivity index is 2.65. The number of nitro groups is 1. The number of hydrogen-bond donors (Lipinski definition) is 0. The van der Waals surface area contributed by atoms with Gasteiger partial charge in [0.2, 0.25) is 5.70 Å². The predicted molar refractivity (Wildman–Crippen MR) is 42.7 cm³/mol. The summed E-state index contributed by atoms with van der Waals surface area (Å²) >= 11 is 0. The first-order valence-electron chi connectivity index (χ1n) is 3.85. The molecule has 0 fully saturated rings. The third kappa shape index (κ3) is 2.03. The molecule has 1 aliphatic rings. The fourth-order valence-electron chi connectivity index (χ4n) is 1.23. The van der Waals surface area contributed by atoms with Gasteiger partial charge in [0.25, 0.3) is 0 Å². The van der Waals surface area contributed by atoms with Crippen LogP contribution in [0.1, 0.15) is 33.1 Å². The first kappa shape index (κ1) is 8.24. The van der Waals surface area contributed by atoms with Gasteiger partial charge in [0, 0.05) is 6.42 Å². The second-order valence-electron chi connectivity index (χ2n) is 3.82. The van der Waals surface area contributed by atoms with Crippen LogP contribution in [0.4, 0.5) is 0 Å². The Morgan fingerprint density at radius 2 is 2.27 bits per heavy atom. The minimum atomic E-state index is -0.269. The molecule has 0 aromatic rings. The minimum absolute atomic E-state index is 0.263. The molecule has 62 valence electrons. The van der Waals surface area contributed by atoms with Crippen molar-refractivity contribution in [3.8, 4) is 0 Å². The second kappa shape index (κ2) is 2.64. The lowest BCUT2D eigenvalue weighted by Crippen LogP contribution is -2.17. The van der Waals surface area contributed by atoms with E-state index < -0.39 is 0 Å². The van der Waals surface area contributed by atoms with Crippen molar-refractivity contribution < 1.29 is 4.92 Å². The van der Waals surface area contributed by atoms with Gasteiger partial charge in [0.15, 0.2) is 0 Å². The number of allylic oxidation sites excluding steroid dienone is 2. The van der Waals surface area contributed by atoms with Gasteiger partial charge < -0.3 is 0 Å². The van der Waals surface area contributed by atoms with Crippen LogP contribution in [0.5, 0.6) is 0 Å². The van der Waals surface area contributed by atoms with Crippen LogP contribution in [0.15, 0.2) is 11.8 Å². The third-order valence-electron chi connectivity index (χ3n) is 2.18. The molecule has 3 heteroatoms. The number of hydrogen-bond acceptors (Lipinski definition) is 2. The van der Waals surface area contributed by atoms with Gasteiger partial charge in [0.1, 0.15) is 0 Å². The van der Waals surface area contributed by atoms with E-state index in [9.17, 15) is 10.1 Å². The number of rotatable bonds is 1. The van der Waals surface area contributed by atoms with Gasteiger partial charge in [-0.3, -0.25) is 10.1 Å². The van der Waals surface area contributed by atoms with Gasteiger partial charge in [-0.2, -0.15) is 0 Å². The third-order valence-corrected chi connectivity index (χ3v) is 2.18. The molecule has 0 aromatic heterocycles. The highest BCUT2D eigenvalue weighted by molar-refractivity contribution is 5.00. The Morgan fingerprint density at radius 3 is 2.64 bits per heavy atom. The molecule has 0 unspecified atom stereocenters. The topological polar surface area (TPSA) is 43.1 Å². The molecule has 0 saturated heterocycles. The summed E-state index contributed by atoms with van der Waals surface area (Å²) in [6.45, 7) is 4.28. The quantitative estimate of drug-likeness (QED) is 0.431. The second-order valence-corrected chi connectivity index (χ2v) is 3.82. The maximum absolute atomic E-state index is 10.3. The fraction of sp³-hybridized carbons (Fsp3) is 0.750. The molecule has 0 aromatic carbocycles. The fourth-order valence-corrected chi connectivity index (χ4v) is 1.23. The molecule has 0 saturated carbocycles. The molecule has 0 radical (unpaired) electrons. The molecule has 0 atom stereocenters. The summed E-state index contributed by atoms with van der Waals surface area (Å²) in [5, 5.41) is 10.3. The van der Waals surface area contributed by atoms with E-state index >= 15 is 0 Å². The Labute approximate surface area is 66.3 Å². The van der Waals surface area contributed by atoms with Gasteiger partial charge >= 0.3 is 0 Å². The van der Waals surface area contributed by atoms with Crippen LogP contribution in [0.25, 0.3) is 0 Å². The van der Waals surface area contributed by atoms with Crippen molar-refractivity contribution in [2.45, 2.75) is 33.1 Å². The highest BCUT2D eigenvalue weighted by Crippen LogP contribution is 2.33. The van der Waals surface area contributed by atoms with E-state index in [1.54, 1.807) is 6.08 Å². The van der Waals surface area contributed by atoms with Crippen LogP contribution < -0.4 is 0 Å².